The molecule has 22 heavy (non-hydrogen) atoms. The van der Waals surface area contributed by atoms with E-state index in [9.17, 15) is 14.7 Å². The molecule has 1 aromatic heterocycles. The van der Waals surface area contributed by atoms with Crippen molar-refractivity contribution in [2.24, 2.45) is 17.8 Å². The monoisotopic (exact) mass is 299 g/mol. The van der Waals surface area contributed by atoms with Gasteiger partial charge in [0.05, 0.1) is 5.92 Å². The summed E-state index contributed by atoms with van der Waals surface area (Å²) >= 11 is 0. The number of carbonyl (C=O) groups is 2. The van der Waals surface area contributed by atoms with Gasteiger partial charge < -0.3 is 14.8 Å². The first-order chi connectivity index (χ1) is 10.6. The molecule has 2 aromatic rings. The van der Waals surface area contributed by atoms with Crippen molar-refractivity contribution in [3.8, 4) is 0 Å². The Hall–Kier alpha value is -2.30. The summed E-state index contributed by atoms with van der Waals surface area (Å²) in [6, 6.07) is 8.85. The van der Waals surface area contributed by atoms with Crippen LogP contribution in [0.5, 0.6) is 0 Å². The minimum Gasteiger partial charge on any atom is -0.481 e. The van der Waals surface area contributed by atoms with E-state index >= 15 is 0 Å². The zero-order chi connectivity index (χ0) is 15.3. The van der Waals surface area contributed by atoms with Crippen LogP contribution in [0.3, 0.4) is 0 Å². The van der Waals surface area contributed by atoms with Gasteiger partial charge in [-0.2, -0.15) is 0 Å². The van der Waals surface area contributed by atoms with Crippen LogP contribution in [0.1, 0.15) is 29.8 Å². The second-order valence-electron chi connectivity index (χ2n) is 6.34. The van der Waals surface area contributed by atoms with Crippen LogP contribution < -0.4 is 5.32 Å². The van der Waals surface area contributed by atoms with Gasteiger partial charge in [-0.1, -0.05) is 18.2 Å². The molecule has 2 aliphatic carbocycles. The number of para-hydroxylation sites is 1. The van der Waals surface area contributed by atoms with Crippen LogP contribution >= 0.6 is 0 Å². The lowest BCUT2D eigenvalue weighted by Gasteiger charge is -2.28. The van der Waals surface area contributed by atoms with Crippen molar-refractivity contribution >= 4 is 22.8 Å². The third-order valence-electron chi connectivity index (χ3n) is 5.15. The summed E-state index contributed by atoms with van der Waals surface area (Å²) in [6.45, 7) is 0. The highest BCUT2D eigenvalue weighted by molar-refractivity contribution is 5.96. The van der Waals surface area contributed by atoms with Gasteiger partial charge in [0, 0.05) is 11.4 Å². The second-order valence-corrected chi connectivity index (χ2v) is 6.34. The molecule has 0 aliphatic heterocycles. The predicted octanol–water partition coefficient (Wildman–Crippen LogP) is 2.66. The number of carboxylic acids is 1. The lowest BCUT2D eigenvalue weighted by atomic mass is 9.84. The van der Waals surface area contributed by atoms with E-state index in [1.165, 1.54) is 0 Å². The molecule has 2 bridgehead atoms. The number of carbonyl (C=O) groups excluding carboxylic acids is 1. The zero-order valence-corrected chi connectivity index (χ0v) is 12.0. The Morgan fingerprint density at radius 1 is 1.18 bits per heavy atom. The van der Waals surface area contributed by atoms with E-state index in [0.717, 1.165) is 24.6 Å². The van der Waals surface area contributed by atoms with Crippen molar-refractivity contribution in [1.82, 2.24) is 5.32 Å². The fraction of sp³-hybridized carbons (Fsp3) is 0.412. The van der Waals surface area contributed by atoms with Gasteiger partial charge in [-0.05, 0) is 43.2 Å². The molecule has 2 saturated carbocycles. The summed E-state index contributed by atoms with van der Waals surface area (Å²) in [5.74, 6) is -0.870. The molecule has 5 heteroatoms. The number of benzene rings is 1. The molecule has 114 valence electrons. The smallest absolute Gasteiger partial charge is 0.308 e. The van der Waals surface area contributed by atoms with Crippen molar-refractivity contribution in [3.63, 3.8) is 0 Å². The largest absolute Gasteiger partial charge is 0.481 e. The number of amides is 1. The van der Waals surface area contributed by atoms with Crippen LogP contribution in [-0.4, -0.2) is 23.0 Å². The lowest BCUT2D eigenvalue weighted by Crippen LogP contribution is -2.46. The zero-order valence-electron chi connectivity index (χ0n) is 12.0. The highest BCUT2D eigenvalue weighted by atomic mass is 16.4. The fourth-order valence-corrected chi connectivity index (χ4v) is 4.17. The van der Waals surface area contributed by atoms with E-state index in [2.05, 4.69) is 5.32 Å². The van der Waals surface area contributed by atoms with Gasteiger partial charge in [0.25, 0.3) is 5.91 Å². The van der Waals surface area contributed by atoms with Crippen LogP contribution in [0.15, 0.2) is 34.7 Å². The van der Waals surface area contributed by atoms with Crippen molar-refractivity contribution in [3.05, 3.63) is 36.1 Å². The van der Waals surface area contributed by atoms with Crippen LogP contribution in [0.2, 0.25) is 0 Å². The maximum Gasteiger partial charge on any atom is 0.308 e. The van der Waals surface area contributed by atoms with E-state index in [1.54, 1.807) is 6.07 Å². The van der Waals surface area contributed by atoms with E-state index in [-0.39, 0.29) is 29.5 Å². The summed E-state index contributed by atoms with van der Waals surface area (Å²) in [6.07, 6.45) is 2.86. The Kier molecular flexibility index (Phi) is 2.96. The van der Waals surface area contributed by atoms with Crippen LogP contribution in [0.25, 0.3) is 11.0 Å². The molecule has 2 fully saturated rings. The van der Waals surface area contributed by atoms with E-state index < -0.39 is 11.9 Å². The quantitative estimate of drug-likeness (QED) is 0.913. The van der Waals surface area contributed by atoms with Crippen molar-refractivity contribution in [2.75, 3.05) is 0 Å². The Bertz CT molecular complexity index is 717. The first-order valence-electron chi connectivity index (χ1n) is 7.66. The van der Waals surface area contributed by atoms with E-state index in [4.69, 9.17) is 4.42 Å². The fourth-order valence-electron chi connectivity index (χ4n) is 4.17. The number of fused-ring (bicyclic) bond motifs is 3. The number of hydrogen-bond acceptors (Lipinski definition) is 3. The van der Waals surface area contributed by atoms with Crippen molar-refractivity contribution < 1.29 is 19.1 Å². The summed E-state index contributed by atoms with van der Waals surface area (Å²) < 4.78 is 5.56. The Labute approximate surface area is 127 Å². The summed E-state index contributed by atoms with van der Waals surface area (Å²) in [4.78, 5) is 23.9. The molecule has 2 N–H and O–H groups in total. The molecule has 0 saturated heterocycles. The molecule has 1 heterocycles. The van der Waals surface area contributed by atoms with Gasteiger partial charge in [-0.3, -0.25) is 9.59 Å². The van der Waals surface area contributed by atoms with E-state index in [1.807, 2.05) is 24.3 Å². The van der Waals surface area contributed by atoms with Gasteiger partial charge in [0.15, 0.2) is 5.76 Å². The molecule has 5 nitrogen and oxygen atoms in total. The summed E-state index contributed by atoms with van der Waals surface area (Å²) in [5.41, 5.74) is 0.662. The normalized spacial score (nSPS) is 29.8. The molecule has 0 radical (unpaired) electrons. The van der Waals surface area contributed by atoms with Gasteiger partial charge in [-0.15, -0.1) is 0 Å². The van der Waals surface area contributed by atoms with Crippen LogP contribution in [0.4, 0.5) is 0 Å². The standard InChI is InChI=1S/C17H17NO4/c19-16(13-8-9-3-1-2-4-12(9)22-13)18-15-11-6-5-10(7-11)14(15)17(20)21/h1-4,8,10-11,14-15H,5-7H2,(H,18,19)(H,20,21). The Morgan fingerprint density at radius 3 is 2.73 bits per heavy atom. The third kappa shape index (κ3) is 2.00. The Balaban J connectivity index is 1.57. The maximum atomic E-state index is 12.4. The molecule has 1 aromatic carbocycles. The predicted molar refractivity (Wildman–Crippen MR) is 79.4 cm³/mol. The molecule has 0 spiro atoms. The number of carboxylic acid groups (broad SMARTS) is 1. The lowest BCUT2D eigenvalue weighted by molar-refractivity contribution is -0.144. The van der Waals surface area contributed by atoms with Gasteiger partial charge in [0.1, 0.15) is 5.58 Å². The SMILES string of the molecule is O=C(NC1C2CCC(C2)C1C(=O)O)c1cc2ccccc2o1. The third-order valence-corrected chi connectivity index (χ3v) is 5.15. The first-order valence-corrected chi connectivity index (χ1v) is 7.66. The number of rotatable bonds is 3. The van der Waals surface area contributed by atoms with Gasteiger partial charge >= 0.3 is 5.97 Å². The molecule has 2 aliphatic rings. The average molecular weight is 299 g/mol. The maximum absolute atomic E-state index is 12.4. The van der Waals surface area contributed by atoms with Crippen molar-refractivity contribution in [1.29, 1.82) is 0 Å². The number of nitrogens with one attached hydrogen (secondary N) is 1. The topological polar surface area (TPSA) is 79.5 Å². The summed E-state index contributed by atoms with van der Waals surface area (Å²) in [7, 11) is 0. The minimum absolute atomic E-state index is 0.198. The molecular weight excluding hydrogens is 282 g/mol. The van der Waals surface area contributed by atoms with Crippen molar-refractivity contribution in [2.45, 2.75) is 25.3 Å². The first kappa shape index (κ1) is 13.4. The molecule has 1 amide bonds. The van der Waals surface area contributed by atoms with Gasteiger partial charge in [-0.25, -0.2) is 0 Å². The van der Waals surface area contributed by atoms with Crippen LogP contribution in [0, 0.1) is 17.8 Å². The number of furan rings is 1. The highest BCUT2D eigenvalue weighted by Gasteiger charge is 2.51. The number of hydrogen-bond donors (Lipinski definition) is 2. The minimum atomic E-state index is -0.804. The van der Waals surface area contributed by atoms with Gasteiger partial charge in [0.2, 0.25) is 0 Å². The molecule has 4 unspecified atom stereocenters. The summed E-state index contributed by atoms with van der Waals surface area (Å²) in [5, 5.41) is 13.2. The molecule has 4 atom stereocenters. The average Bonchev–Trinajstić information content (AvgIpc) is 3.20. The number of aliphatic carboxylic acids is 1. The Morgan fingerprint density at radius 2 is 1.95 bits per heavy atom. The highest BCUT2D eigenvalue weighted by Crippen LogP contribution is 2.48. The molecule has 4 rings (SSSR count). The second kappa shape index (κ2) is 4.87. The van der Waals surface area contributed by atoms with E-state index in [0.29, 0.717) is 5.58 Å². The van der Waals surface area contributed by atoms with Crippen LogP contribution in [-0.2, 0) is 4.79 Å². The molecular formula is C17H17NO4.